The van der Waals surface area contributed by atoms with Gasteiger partial charge in [-0.2, -0.15) is 0 Å². The fraction of sp³-hybridized carbons (Fsp3) is 0.857. The summed E-state index contributed by atoms with van der Waals surface area (Å²) in [5.41, 5.74) is 0. The number of hydrogen-bond acceptors (Lipinski definition) is 0. The largest absolute Gasteiger partial charge is 0.358 e. The fourth-order valence-corrected chi connectivity index (χ4v) is 2.25. The Balaban J connectivity index is -0.000000180. The Morgan fingerprint density at radius 3 is 1.11 bits per heavy atom. The van der Waals surface area contributed by atoms with Gasteiger partial charge in [-0.25, -0.2) is 0 Å². The summed E-state index contributed by atoms with van der Waals surface area (Å²) in [4.78, 5) is 0. The first kappa shape index (κ1) is 16.6. The Morgan fingerprint density at radius 1 is 0.889 bits per heavy atom. The summed E-state index contributed by atoms with van der Waals surface area (Å²) in [6.07, 6.45) is 0. The summed E-state index contributed by atoms with van der Waals surface area (Å²) < 4.78 is 0. The van der Waals surface area contributed by atoms with E-state index in [-0.39, 0.29) is 42.4 Å². The van der Waals surface area contributed by atoms with E-state index < -0.39 is 0 Å². The first-order valence-corrected chi connectivity index (χ1v) is 5.30. The molecule has 0 bridgehead atoms. The molecule has 0 unspecified atom stereocenters. The molecule has 0 aliphatic carbocycles. The molecule has 0 aliphatic heterocycles. The third-order valence-corrected chi connectivity index (χ3v) is 4.50. The molecule has 0 aromatic heterocycles. The molecular weight excluding hydrogens is 203 g/mol. The maximum atomic E-state index is 2.31. The van der Waals surface area contributed by atoms with Crippen molar-refractivity contribution in [2.75, 3.05) is 0 Å². The maximum Gasteiger partial charge on any atom is 0.0470 e. The van der Waals surface area contributed by atoms with Crippen LogP contribution in [0.25, 0.3) is 0 Å². The molecule has 0 atom stereocenters. The SMILES string of the molecule is CC[Si](CC)CC.[CH3-].[Zr]. The molecule has 0 N–H and O–H groups in total. The monoisotopic (exact) mass is 220 g/mol. The fourth-order valence-electron chi connectivity index (χ4n) is 0.750. The maximum absolute atomic E-state index is 2.31. The molecule has 0 spiro atoms. The van der Waals surface area contributed by atoms with Crippen molar-refractivity contribution in [3.05, 3.63) is 7.43 Å². The van der Waals surface area contributed by atoms with E-state index in [1.165, 1.54) is 18.1 Å². The van der Waals surface area contributed by atoms with Crippen molar-refractivity contribution in [1.82, 2.24) is 0 Å². The van der Waals surface area contributed by atoms with Gasteiger partial charge in [-0.15, -0.1) is 0 Å². The molecule has 0 amide bonds. The smallest absolute Gasteiger partial charge is 0.0470 e. The van der Waals surface area contributed by atoms with Crippen molar-refractivity contribution >= 4 is 8.80 Å². The van der Waals surface area contributed by atoms with Crippen LogP contribution < -0.4 is 0 Å². The molecular formula is C7H18SiZr-. The molecule has 55 valence electrons. The Labute approximate surface area is 81.2 Å². The van der Waals surface area contributed by atoms with E-state index in [4.69, 9.17) is 0 Å². The van der Waals surface area contributed by atoms with Gasteiger partial charge in [0.05, 0.1) is 0 Å². The summed E-state index contributed by atoms with van der Waals surface area (Å²) >= 11 is 0. The molecule has 2 heteroatoms. The predicted octanol–water partition coefficient (Wildman–Crippen LogP) is 2.99. The van der Waals surface area contributed by atoms with Gasteiger partial charge in [0.25, 0.3) is 0 Å². The van der Waals surface area contributed by atoms with Gasteiger partial charge in [-0.05, 0) is 0 Å². The van der Waals surface area contributed by atoms with Gasteiger partial charge in [0.1, 0.15) is 0 Å². The minimum absolute atomic E-state index is 0. The minimum Gasteiger partial charge on any atom is -0.358 e. The zero-order valence-electron chi connectivity index (χ0n) is 7.12. The van der Waals surface area contributed by atoms with Crippen LogP contribution in [0, 0.1) is 7.43 Å². The van der Waals surface area contributed by atoms with Gasteiger partial charge in [-0.3, -0.25) is 0 Å². The molecule has 0 fully saturated rings. The van der Waals surface area contributed by atoms with Crippen molar-refractivity contribution in [2.24, 2.45) is 0 Å². The van der Waals surface area contributed by atoms with E-state index in [0.717, 1.165) is 0 Å². The van der Waals surface area contributed by atoms with Crippen molar-refractivity contribution < 1.29 is 26.2 Å². The quantitative estimate of drug-likeness (QED) is 0.508. The molecule has 1 radical (unpaired) electrons. The van der Waals surface area contributed by atoms with E-state index in [9.17, 15) is 0 Å². The second-order valence-corrected chi connectivity index (χ2v) is 5.43. The molecule has 0 saturated heterocycles. The second-order valence-electron chi connectivity index (χ2n) is 1.81. The van der Waals surface area contributed by atoms with Crippen LogP contribution in [0.2, 0.25) is 18.1 Å². The van der Waals surface area contributed by atoms with Gasteiger partial charge in [0.2, 0.25) is 0 Å². The van der Waals surface area contributed by atoms with Crippen LogP contribution in [0.5, 0.6) is 0 Å². The molecule has 0 heterocycles. The Bertz CT molecular complexity index is 30.4. The predicted molar refractivity (Wildman–Crippen MR) is 43.6 cm³/mol. The van der Waals surface area contributed by atoms with E-state index in [1.54, 1.807) is 0 Å². The van der Waals surface area contributed by atoms with Crippen LogP contribution in [0.1, 0.15) is 20.8 Å². The number of rotatable bonds is 3. The zero-order valence-corrected chi connectivity index (χ0v) is 10.6. The van der Waals surface area contributed by atoms with E-state index in [0.29, 0.717) is 0 Å². The van der Waals surface area contributed by atoms with Gasteiger partial charge in [0, 0.05) is 35.0 Å². The third-order valence-electron chi connectivity index (χ3n) is 1.50. The van der Waals surface area contributed by atoms with E-state index in [2.05, 4.69) is 20.8 Å². The van der Waals surface area contributed by atoms with Gasteiger partial charge >= 0.3 is 0 Å². The average molecular weight is 222 g/mol. The normalized spacial score (nSPS) is 8.00. The molecule has 9 heavy (non-hydrogen) atoms. The first-order chi connectivity index (χ1) is 3.35. The Kier molecular flexibility index (Phi) is 21.8. The minimum atomic E-state index is 0. The van der Waals surface area contributed by atoms with Gasteiger partial charge in [-0.1, -0.05) is 38.9 Å². The molecule has 0 aromatic rings. The van der Waals surface area contributed by atoms with Crippen molar-refractivity contribution in [3.8, 4) is 0 Å². The van der Waals surface area contributed by atoms with Crippen LogP contribution in [0.15, 0.2) is 0 Å². The second kappa shape index (κ2) is 11.8. The van der Waals surface area contributed by atoms with E-state index >= 15 is 0 Å². The van der Waals surface area contributed by atoms with Crippen LogP contribution in [0.4, 0.5) is 0 Å². The molecule has 0 aliphatic rings. The molecule has 0 rings (SSSR count). The third kappa shape index (κ3) is 9.10. The zero-order chi connectivity index (χ0) is 5.70. The van der Waals surface area contributed by atoms with Gasteiger partial charge in [0.15, 0.2) is 0 Å². The average Bonchev–Trinajstić information content (AvgIpc) is 1.72. The summed E-state index contributed by atoms with van der Waals surface area (Å²) in [6, 6.07) is 4.37. The molecule has 0 saturated carbocycles. The van der Waals surface area contributed by atoms with Crippen molar-refractivity contribution in [3.63, 3.8) is 0 Å². The van der Waals surface area contributed by atoms with Crippen molar-refractivity contribution in [2.45, 2.75) is 38.9 Å². The standard InChI is InChI=1S/C6H15Si.CH3.Zr/c1-4-7(5-2)6-3;;/h4-6H2,1-3H3;1H3;/q;-1;. The molecule has 0 nitrogen and oxygen atoms in total. The molecule has 0 aromatic carbocycles. The summed E-state index contributed by atoms with van der Waals surface area (Å²) in [6.45, 7) is 6.92. The summed E-state index contributed by atoms with van der Waals surface area (Å²) in [5, 5.41) is 0. The van der Waals surface area contributed by atoms with Crippen LogP contribution >= 0.6 is 0 Å². The van der Waals surface area contributed by atoms with E-state index in [1.807, 2.05) is 0 Å². The first-order valence-electron chi connectivity index (χ1n) is 3.18. The van der Waals surface area contributed by atoms with Crippen molar-refractivity contribution in [1.29, 1.82) is 0 Å². The van der Waals surface area contributed by atoms with Crippen LogP contribution in [0.3, 0.4) is 0 Å². The van der Waals surface area contributed by atoms with Crippen LogP contribution in [-0.4, -0.2) is 8.80 Å². The number of hydrogen-bond donors (Lipinski definition) is 0. The topological polar surface area (TPSA) is 0 Å². The Morgan fingerprint density at radius 2 is 1.11 bits per heavy atom. The van der Waals surface area contributed by atoms with Gasteiger partial charge < -0.3 is 7.43 Å². The Hall–Kier alpha value is 1.10. The summed E-state index contributed by atoms with van der Waals surface area (Å²) in [7, 11) is 0.137. The summed E-state index contributed by atoms with van der Waals surface area (Å²) in [5.74, 6) is 0. The van der Waals surface area contributed by atoms with Crippen LogP contribution in [-0.2, 0) is 26.2 Å².